The molecule has 1 saturated heterocycles. The van der Waals surface area contributed by atoms with E-state index in [1.165, 1.54) is 12.1 Å². The maximum absolute atomic E-state index is 11.1. The topological polar surface area (TPSA) is 107 Å². The summed E-state index contributed by atoms with van der Waals surface area (Å²) in [6, 6.07) is 2.90. The van der Waals surface area contributed by atoms with Crippen molar-refractivity contribution in [3.05, 3.63) is 22.2 Å². The number of hydrogen-bond donors (Lipinski definition) is 2. The van der Waals surface area contributed by atoms with Crippen molar-refractivity contribution in [1.82, 2.24) is 4.98 Å². The molecule has 2 atom stereocenters. The number of piperidine rings is 1. The molecule has 8 heteroatoms. The summed E-state index contributed by atoms with van der Waals surface area (Å²) in [5, 5.41) is 11.1. The summed E-state index contributed by atoms with van der Waals surface area (Å²) >= 11 is 0. The molecule has 110 valence electrons. The number of rotatable bonds is 4. The quantitative estimate of drug-likeness (QED) is 0.484. The predicted octanol–water partition coefficient (Wildman–Crippen LogP) is 1.14. The van der Waals surface area contributed by atoms with Crippen LogP contribution in [0.5, 0.6) is 0 Å². The van der Waals surface area contributed by atoms with E-state index in [0.29, 0.717) is 30.6 Å². The lowest BCUT2D eigenvalue weighted by Crippen LogP contribution is -2.44. The number of nitrogens with one attached hydrogen (secondary N) is 1. The molecule has 1 aliphatic heterocycles. The fourth-order valence-electron chi connectivity index (χ4n) is 2.43. The summed E-state index contributed by atoms with van der Waals surface area (Å²) in [6.07, 6.45) is 0.942. The highest BCUT2D eigenvalue weighted by molar-refractivity contribution is 5.62. The SMILES string of the molecule is COC1CN(c2nc(NN)ccc2[N+](=O)[O-])CCC1C. The molecule has 2 heterocycles. The van der Waals surface area contributed by atoms with Crippen LogP contribution in [0.15, 0.2) is 12.1 Å². The van der Waals surface area contributed by atoms with E-state index in [-0.39, 0.29) is 11.8 Å². The van der Waals surface area contributed by atoms with Crippen LogP contribution >= 0.6 is 0 Å². The average molecular weight is 281 g/mol. The van der Waals surface area contributed by atoms with Crippen molar-refractivity contribution in [3.8, 4) is 0 Å². The third-order valence-corrected chi connectivity index (χ3v) is 3.69. The molecule has 2 unspecified atom stereocenters. The number of nitrogens with two attached hydrogens (primary N) is 1. The Morgan fingerprint density at radius 3 is 2.95 bits per heavy atom. The van der Waals surface area contributed by atoms with Crippen LogP contribution in [0.3, 0.4) is 0 Å². The summed E-state index contributed by atoms with van der Waals surface area (Å²) in [5.74, 6) is 6.48. The van der Waals surface area contributed by atoms with Gasteiger partial charge in [-0.25, -0.2) is 10.8 Å². The highest BCUT2D eigenvalue weighted by atomic mass is 16.6. The summed E-state index contributed by atoms with van der Waals surface area (Å²) < 4.78 is 5.43. The van der Waals surface area contributed by atoms with Gasteiger partial charge in [-0.15, -0.1) is 0 Å². The number of nitrogen functional groups attached to an aromatic ring is 1. The average Bonchev–Trinajstić information content (AvgIpc) is 2.47. The molecule has 0 saturated carbocycles. The van der Waals surface area contributed by atoms with Crippen molar-refractivity contribution in [2.75, 3.05) is 30.5 Å². The largest absolute Gasteiger partial charge is 0.379 e. The molecule has 3 N–H and O–H groups in total. The Balaban J connectivity index is 2.32. The first-order chi connectivity index (χ1) is 9.56. The van der Waals surface area contributed by atoms with Gasteiger partial charge >= 0.3 is 5.69 Å². The predicted molar refractivity (Wildman–Crippen MR) is 75.5 cm³/mol. The van der Waals surface area contributed by atoms with Crippen LogP contribution in [0, 0.1) is 16.0 Å². The molecule has 0 aromatic carbocycles. The van der Waals surface area contributed by atoms with Gasteiger partial charge < -0.3 is 15.1 Å². The van der Waals surface area contributed by atoms with Crippen LogP contribution in [-0.2, 0) is 4.74 Å². The van der Waals surface area contributed by atoms with Gasteiger partial charge in [-0.2, -0.15) is 0 Å². The normalized spacial score (nSPS) is 22.6. The van der Waals surface area contributed by atoms with Crippen molar-refractivity contribution in [3.63, 3.8) is 0 Å². The number of hydrogen-bond acceptors (Lipinski definition) is 7. The van der Waals surface area contributed by atoms with Crippen molar-refractivity contribution < 1.29 is 9.66 Å². The molecule has 0 bridgehead atoms. The minimum atomic E-state index is -0.428. The lowest BCUT2D eigenvalue weighted by atomic mass is 9.96. The third kappa shape index (κ3) is 2.81. The fourth-order valence-corrected chi connectivity index (χ4v) is 2.43. The van der Waals surface area contributed by atoms with Gasteiger partial charge in [0.2, 0.25) is 5.82 Å². The molecule has 2 rings (SSSR count). The molecular weight excluding hydrogens is 262 g/mol. The van der Waals surface area contributed by atoms with Crippen LogP contribution in [0.4, 0.5) is 17.3 Å². The zero-order chi connectivity index (χ0) is 14.7. The molecule has 20 heavy (non-hydrogen) atoms. The summed E-state index contributed by atoms with van der Waals surface area (Å²) in [4.78, 5) is 16.8. The molecule has 0 radical (unpaired) electrons. The van der Waals surface area contributed by atoms with E-state index >= 15 is 0 Å². The first-order valence-corrected chi connectivity index (χ1v) is 6.46. The highest BCUT2D eigenvalue weighted by Crippen LogP contribution is 2.31. The number of nitrogens with zero attached hydrogens (tertiary/aromatic N) is 3. The number of nitro groups is 1. The number of anilines is 2. The number of methoxy groups -OCH3 is 1. The van der Waals surface area contributed by atoms with E-state index in [9.17, 15) is 10.1 Å². The lowest BCUT2D eigenvalue weighted by Gasteiger charge is -2.36. The third-order valence-electron chi connectivity index (χ3n) is 3.69. The van der Waals surface area contributed by atoms with Crippen molar-refractivity contribution in [2.24, 2.45) is 11.8 Å². The number of hydrazine groups is 1. The van der Waals surface area contributed by atoms with Crippen molar-refractivity contribution in [1.29, 1.82) is 0 Å². The van der Waals surface area contributed by atoms with Gasteiger partial charge in [-0.1, -0.05) is 6.92 Å². The molecule has 1 aromatic heterocycles. The van der Waals surface area contributed by atoms with E-state index in [1.54, 1.807) is 7.11 Å². The smallest absolute Gasteiger partial charge is 0.311 e. The minimum Gasteiger partial charge on any atom is -0.379 e. The Morgan fingerprint density at radius 1 is 1.60 bits per heavy atom. The zero-order valence-electron chi connectivity index (χ0n) is 11.6. The highest BCUT2D eigenvalue weighted by Gasteiger charge is 2.30. The summed E-state index contributed by atoms with van der Waals surface area (Å²) in [5.41, 5.74) is 2.39. The molecule has 8 nitrogen and oxygen atoms in total. The Kier molecular flexibility index (Phi) is 4.35. The molecule has 1 aromatic rings. The van der Waals surface area contributed by atoms with Crippen LogP contribution in [0.25, 0.3) is 0 Å². The van der Waals surface area contributed by atoms with Crippen LogP contribution < -0.4 is 16.2 Å². The van der Waals surface area contributed by atoms with E-state index in [1.807, 2.05) is 4.90 Å². The van der Waals surface area contributed by atoms with E-state index in [0.717, 1.165) is 6.42 Å². The van der Waals surface area contributed by atoms with E-state index in [4.69, 9.17) is 10.6 Å². The van der Waals surface area contributed by atoms with Gasteiger partial charge in [0.05, 0.1) is 11.0 Å². The monoisotopic (exact) mass is 281 g/mol. The molecule has 0 amide bonds. The van der Waals surface area contributed by atoms with Gasteiger partial charge in [-0.3, -0.25) is 10.1 Å². The van der Waals surface area contributed by atoms with Gasteiger partial charge in [0.15, 0.2) is 0 Å². The molecular formula is C12H19N5O3. The lowest BCUT2D eigenvalue weighted by molar-refractivity contribution is -0.384. The fraction of sp³-hybridized carbons (Fsp3) is 0.583. The molecule has 1 aliphatic rings. The van der Waals surface area contributed by atoms with Gasteiger partial charge in [-0.05, 0) is 18.4 Å². The van der Waals surface area contributed by atoms with Gasteiger partial charge in [0, 0.05) is 26.3 Å². The second-order valence-corrected chi connectivity index (χ2v) is 4.93. The van der Waals surface area contributed by atoms with Gasteiger partial charge in [0.1, 0.15) is 5.82 Å². The maximum atomic E-state index is 11.1. The molecule has 1 fully saturated rings. The van der Waals surface area contributed by atoms with Crippen LogP contribution in [-0.4, -0.2) is 36.2 Å². The second-order valence-electron chi connectivity index (χ2n) is 4.93. The minimum absolute atomic E-state index is 0.0200. The Morgan fingerprint density at radius 2 is 2.35 bits per heavy atom. The first-order valence-electron chi connectivity index (χ1n) is 6.46. The first kappa shape index (κ1) is 14.5. The van der Waals surface area contributed by atoms with Gasteiger partial charge in [0.25, 0.3) is 0 Å². The van der Waals surface area contributed by atoms with Crippen molar-refractivity contribution >= 4 is 17.3 Å². The number of ether oxygens (including phenoxy) is 1. The Labute approximate surface area is 117 Å². The standard InChI is InChI=1S/C12H19N5O3/c1-8-5-6-16(7-10(8)20-2)12-9(17(18)19)3-4-11(14-12)15-13/h3-4,8,10H,5-7,13H2,1-2H3,(H,14,15). The van der Waals surface area contributed by atoms with E-state index < -0.39 is 4.92 Å². The zero-order valence-corrected chi connectivity index (χ0v) is 11.6. The maximum Gasteiger partial charge on any atom is 0.311 e. The molecule has 0 spiro atoms. The Bertz CT molecular complexity index is 496. The Hall–Kier alpha value is -1.93. The second kappa shape index (κ2) is 6.02. The molecule has 0 aliphatic carbocycles. The summed E-state index contributed by atoms with van der Waals surface area (Å²) in [6.45, 7) is 3.41. The van der Waals surface area contributed by atoms with Crippen LogP contribution in [0.1, 0.15) is 13.3 Å². The van der Waals surface area contributed by atoms with Crippen molar-refractivity contribution in [2.45, 2.75) is 19.4 Å². The van der Waals surface area contributed by atoms with Crippen LogP contribution in [0.2, 0.25) is 0 Å². The summed E-state index contributed by atoms with van der Waals surface area (Å²) in [7, 11) is 1.66. The van der Waals surface area contributed by atoms with E-state index in [2.05, 4.69) is 17.3 Å². The number of aromatic nitrogens is 1. The number of pyridine rings is 1.